The Hall–Kier alpha value is -0.660. The van der Waals surface area contributed by atoms with Crippen molar-refractivity contribution in [3.8, 4) is 0 Å². The standard InChI is InChI=1S/C14H27N3O3S/c15-11-13(12-5-2-1-3-6-12)16-14(18)7-9-17-8-4-10-21(17,19)20/h12-13H,1-11,15H2,(H,16,18). The van der Waals surface area contributed by atoms with Gasteiger partial charge in [0.25, 0.3) is 0 Å². The van der Waals surface area contributed by atoms with Crippen LogP contribution in [0.5, 0.6) is 0 Å². The van der Waals surface area contributed by atoms with Crippen LogP contribution >= 0.6 is 0 Å². The second kappa shape index (κ2) is 7.56. The predicted octanol–water partition coefficient (Wildman–Crippen LogP) is 0.436. The first-order valence-electron chi connectivity index (χ1n) is 8.00. The van der Waals surface area contributed by atoms with Gasteiger partial charge in [-0.25, -0.2) is 12.7 Å². The highest BCUT2D eigenvalue weighted by molar-refractivity contribution is 7.89. The summed E-state index contributed by atoms with van der Waals surface area (Å²) in [5.74, 6) is 0.601. The zero-order valence-corrected chi connectivity index (χ0v) is 13.4. The van der Waals surface area contributed by atoms with Crippen molar-refractivity contribution in [2.75, 3.05) is 25.4 Å². The zero-order valence-electron chi connectivity index (χ0n) is 12.6. The van der Waals surface area contributed by atoms with Gasteiger partial charge in [-0.05, 0) is 25.2 Å². The molecular weight excluding hydrogens is 290 g/mol. The highest BCUT2D eigenvalue weighted by Gasteiger charge is 2.29. The van der Waals surface area contributed by atoms with Crippen molar-refractivity contribution in [3.05, 3.63) is 0 Å². The Labute approximate surface area is 127 Å². The maximum Gasteiger partial charge on any atom is 0.221 e. The van der Waals surface area contributed by atoms with E-state index in [1.54, 1.807) is 0 Å². The highest BCUT2D eigenvalue weighted by atomic mass is 32.2. The Bertz CT molecular complexity index is 446. The fourth-order valence-corrected chi connectivity index (χ4v) is 4.88. The second-order valence-electron chi connectivity index (χ2n) is 6.13. The molecule has 1 saturated heterocycles. The van der Waals surface area contributed by atoms with Crippen LogP contribution in [-0.2, 0) is 14.8 Å². The van der Waals surface area contributed by atoms with Crippen molar-refractivity contribution in [3.63, 3.8) is 0 Å². The van der Waals surface area contributed by atoms with Crippen LogP contribution in [0.15, 0.2) is 0 Å². The Morgan fingerprint density at radius 1 is 1.24 bits per heavy atom. The van der Waals surface area contributed by atoms with E-state index in [1.165, 1.54) is 23.6 Å². The van der Waals surface area contributed by atoms with E-state index in [4.69, 9.17) is 5.73 Å². The molecular formula is C14H27N3O3S. The molecule has 1 unspecified atom stereocenters. The van der Waals surface area contributed by atoms with E-state index in [0.717, 1.165) is 12.8 Å². The lowest BCUT2D eigenvalue weighted by atomic mass is 9.84. The molecule has 0 aromatic heterocycles. The molecule has 0 aromatic carbocycles. The first kappa shape index (κ1) is 16.7. The van der Waals surface area contributed by atoms with Gasteiger partial charge in [0.1, 0.15) is 0 Å². The topological polar surface area (TPSA) is 92.5 Å². The van der Waals surface area contributed by atoms with Gasteiger partial charge in [0.15, 0.2) is 0 Å². The minimum absolute atomic E-state index is 0.0352. The number of hydrogen-bond donors (Lipinski definition) is 2. The molecule has 1 amide bonds. The third-order valence-corrected chi connectivity index (χ3v) is 6.57. The minimum atomic E-state index is -3.11. The summed E-state index contributed by atoms with van der Waals surface area (Å²) in [6.45, 7) is 1.28. The van der Waals surface area contributed by atoms with Crippen LogP contribution in [0.25, 0.3) is 0 Å². The van der Waals surface area contributed by atoms with Gasteiger partial charge < -0.3 is 11.1 Å². The monoisotopic (exact) mass is 317 g/mol. The lowest BCUT2D eigenvalue weighted by Gasteiger charge is -2.30. The largest absolute Gasteiger partial charge is 0.352 e. The smallest absolute Gasteiger partial charge is 0.221 e. The van der Waals surface area contributed by atoms with Crippen molar-refractivity contribution in [2.24, 2.45) is 11.7 Å². The van der Waals surface area contributed by atoms with E-state index >= 15 is 0 Å². The molecule has 2 fully saturated rings. The average molecular weight is 317 g/mol. The van der Waals surface area contributed by atoms with Crippen LogP contribution in [0.1, 0.15) is 44.9 Å². The molecule has 21 heavy (non-hydrogen) atoms. The summed E-state index contributed by atoms with van der Waals surface area (Å²) in [6, 6.07) is 0.0352. The molecule has 6 nitrogen and oxygen atoms in total. The van der Waals surface area contributed by atoms with Crippen LogP contribution < -0.4 is 11.1 Å². The summed E-state index contributed by atoms with van der Waals surface area (Å²) in [5, 5.41) is 3.00. The molecule has 122 valence electrons. The molecule has 1 aliphatic heterocycles. The Balaban J connectivity index is 1.77. The number of nitrogens with zero attached hydrogens (tertiary/aromatic N) is 1. The van der Waals surface area contributed by atoms with Gasteiger partial charge in [-0.2, -0.15) is 0 Å². The fraction of sp³-hybridized carbons (Fsp3) is 0.929. The number of nitrogens with one attached hydrogen (secondary N) is 1. The van der Waals surface area contributed by atoms with Crippen molar-refractivity contribution >= 4 is 15.9 Å². The first-order valence-corrected chi connectivity index (χ1v) is 9.61. The molecule has 1 heterocycles. The molecule has 3 N–H and O–H groups in total. The van der Waals surface area contributed by atoms with E-state index in [0.29, 0.717) is 25.4 Å². The van der Waals surface area contributed by atoms with Crippen LogP contribution in [0.2, 0.25) is 0 Å². The van der Waals surface area contributed by atoms with E-state index in [-0.39, 0.29) is 30.7 Å². The van der Waals surface area contributed by atoms with Crippen LogP contribution in [0, 0.1) is 5.92 Å². The van der Waals surface area contributed by atoms with E-state index < -0.39 is 10.0 Å². The molecule has 1 saturated carbocycles. The molecule has 2 rings (SSSR count). The predicted molar refractivity (Wildman–Crippen MR) is 82.2 cm³/mol. The quantitative estimate of drug-likeness (QED) is 0.743. The van der Waals surface area contributed by atoms with Crippen LogP contribution in [0.3, 0.4) is 0 Å². The third-order valence-electron chi connectivity index (χ3n) is 4.61. The van der Waals surface area contributed by atoms with E-state index in [1.807, 2.05) is 0 Å². The Morgan fingerprint density at radius 2 is 1.95 bits per heavy atom. The molecule has 0 radical (unpaired) electrons. The van der Waals surface area contributed by atoms with Gasteiger partial charge in [0, 0.05) is 32.1 Å². The summed E-state index contributed by atoms with van der Waals surface area (Å²) in [5.41, 5.74) is 5.79. The summed E-state index contributed by atoms with van der Waals surface area (Å²) in [6.07, 6.45) is 6.84. The molecule has 0 aromatic rings. The van der Waals surface area contributed by atoms with Gasteiger partial charge in [-0.3, -0.25) is 4.79 Å². The van der Waals surface area contributed by atoms with Gasteiger partial charge in [-0.15, -0.1) is 0 Å². The fourth-order valence-electron chi connectivity index (χ4n) is 3.35. The van der Waals surface area contributed by atoms with Crippen molar-refractivity contribution in [1.82, 2.24) is 9.62 Å². The molecule has 0 spiro atoms. The molecule has 7 heteroatoms. The molecule has 2 aliphatic rings. The number of nitrogens with two attached hydrogens (primary N) is 1. The average Bonchev–Trinajstić information content (AvgIpc) is 2.82. The molecule has 0 bridgehead atoms. The zero-order chi connectivity index (χ0) is 15.3. The summed E-state index contributed by atoms with van der Waals surface area (Å²) < 4.78 is 24.8. The van der Waals surface area contributed by atoms with E-state index in [2.05, 4.69) is 5.32 Å². The SMILES string of the molecule is NCC(NC(=O)CCN1CCCS1(=O)=O)C1CCCCC1. The molecule has 1 atom stereocenters. The molecule has 1 aliphatic carbocycles. The van der Waals surface area contributed by atoms with Crippen molar-refractivity contribution in [2.45, 2.75) is 51.0 Å². The third kappa shape index (κ3) is 4.66. The Kier molecular flexibility index (Phi) is 6.01. The van der Waals surface area contributed by atoms with Gasteiger partial charge in [-0.1, -0.05) is 19.3 Å². The maximum absolute atomic E-state index is 12.0. The number of rotatable bonds is 6. The minimum Gasteiger partial charge on any atom is -0.352 e. The van der Waals surface area contributed by atoms with Crippen molar-refractivity contribution in [1.29, 1.82) is 0 Å². The van der Waals surface area contributed by atoms with Gasteiger partial charge in [0.05, 0.1) is 5.75 Å². The summed E-state index contributed by atoms with van der Waals surface area (Å²) >= 11 is 0. The lowest BCUT2D eigenvalue weighted by molar-refractivity contribution is -0.122. The van der Waals surface area contributed by atoms with E-state index in [9.17, 15) is 13.2 Å². The highest BCUT2D eigenvalue weighted by Crippen LogP contribution is 2.26. The first-order chi connectivity index (χ1) is 10.0. The number of amides is 1. The van der Waals surface area contributed by atoms with Gasteiger partial charge >= 0.3 is 0 Å². The van der Waals surface area contributed by atoms with Crippen LogP contribution in [-0.4, -0.2) is 50.1 Å². The normalized spacial score (nSPS) is 24.8. The van der Waals surface area contributed by atoms with Crippen molar-refractivity contribution < 1.29 is 13.2 Å². The number of carbonyl (C=O) groups excluding carboxylic acids is 1. The number of carbonyl (C=O) groups is 1. The number of hydrogen-bond acceptors (Lipinski definition) is 4. The summed E-state index contributed by atoms with van der Waals surface area (Å²) in [7, 11) is -3.11. The Morgan fingerprint density at radius 3 is 2.52 bits per heavy atom. The van der Waals surface area contributed by atoms with Crippen LogP contribution in [0.4, 0.5) is 0 Å². The summed E-state index contributed by atoms with van der Waals surface area (Å²) in [4.78, 5) is 12.0. The maximum atomic E-state index is 12.0. The lowest BCUT2D eigenvalue weighted by Crippen LogP contribution is -2.46. The second-order valence-corrected chi connectivity index (χ2v) is 8.21. The number of sulfonamides is 1. The van der Waals surface area contributed by atoms with Gasteiger partial charge in [0.2, 0.25) is 15.9 Å².